The first-order valence-corrected chi connectivity index (χ1v) is 10.0. The van der Waals surface area contributed by atoms with Crippen LogP contribution in [0.25, 0.3) is 5.52 Å². The van der Waals surface area contributed by atoms with Crippen molar-refractivity contribution < 1.29 is 18.0 Å². The van der Waals surface area contributed by atoms with Crippen LogP contribution in [0.2, 0.25) is 0 Å². The van der Waals surface area contributed by atoms with Gasteiger partial charge in [0, 0.05) is 44.1 Å². The zero-order chi connectivity index (χ0) is 21.8. The summed E-state index contributed by atoms with van der Waals surface area (Å²) >= 11 is 0. The van der Waals surface area contributed by atoms with Gasteiger partial charge in [-0.25, -0.2) is 4.52 Å². The number of anilines is 3. The van der Waals surface area contributed by atoms with Gasteiger partial charge in [-0.2, -0.15) is 23.3 Å². The third kappa shape index (κ3) is 3.35. The van der Waals surface area contributed by atoms with Crippen LogP contribution >= 0.6 is 0 Å². The first kappa shape index (κ1) is 19.6. The van der Waals surface area contributed by atoms with Crippen LogP contribution in [0.5, 0.6) is 0 Å². The van der Waals surface area contributed by atoms with Crippen LogP contribution in [0, 0.1) is 12.3 Å². The van der Waals surface area contributed by atoms with Gasteiger partial charge >= 0.3 is 6.18 Å². The van der Waals surface area contributed by atoms with E-state index in [9.17, 15) is 18.0 Å². The molecule has 0 bridgehead atoms. The van der Waals surface area contributed by atoms with E-state index in [1.54, 1.807) is 10.7 Å². The molecule has 5 rings (SSSR count). The smallest absolute Gasteiger partial charge is 0.338 e. The Bertz CT molecular complexity index is 1120. The first-order valence-electron chi connectivity index (χ1n) is 10.0. The van der Waals surface area contributed by atoms with Crippen molar-refractivity contribution >= 4 is 29.0 Å². The second kappa shape index (κ2) is 6.86. The Hall–Kier alpha value is -3.31. The van der Waals surface area contributed by atoms with Gasteiger partial charge in [-0.1, -0.05) is 0 Å². The summed E-state index contributed by atoms with van der Waals surface area (Å²) in [4.78, 5) is 20.3. The Morgan fingerprint density at radius 1 is 1.23 bits per heavy atom. The van der Waals surface area contributed by atoms with Crippen LogP contribution in [0.4, 0.5) is 30.8 Å². The zero-order valence-corrected chi connectivity index (χ0v) is 16.8. The van der Waals surface area contributed by atoms with Crippen molar-refractivity contribution in [1.82, 2.24) is 29.7 Å². The molecule has 1 saturated heterocycles. The highest BCUT2D eigenvalue weighted by molar-refractivity contribution is 5.86. The van der Waals surface area contributed by atoms with Crippen molar-refractivity contribution in [3.63, 3.8) is 0 Å². The fourth-order valence-electron chi connectivity index (χ4n) is 3.91. The number of rotatable bonds is 4. The number of fused-ring (bicyclic) bond motifs is 1. The third-order valence-electron chi connectivity index (χ3n) is 5.88. The van der Waals surface area contributed by atoms with Gasteiger partial charge in [0.2, 0.25) is 11.9 Å². The maximum absolute atomic E-state index is 13.3. The molecule has 1 saturated carbocycles. The molecule has 1 amide bonds. The molecule has 164 valence electrons. The van der Waals surface area contributed by atoms with Gasteiger partial charge < -0.3 is 15.1 Å². The van der Waals surface area contributed by atoms with E-state index >= 15 is 0 Å². The largest absolute Gasteiger partial charge is 0.403 e. The molecule has 0 radical (unpaired) electrons. The Morgan fingerprint density at radius 2 is 1.97 bits per heavy atom. The molecule has 0 spiro atoms. The number of halogens is 3. The van der Waals surface area contributed by atoms with E-state index in [0.29, 0.717) is 30.7 Å². The minimum Gasteiger partial charge on any atom is -0.338 e. The highest BCUT2D eigenvalue weighted by Crippen LogP contribution is 2.58. The van der Waals surface area contributed by atoms with Crippen molar-refractivity contribution in [2.24, 2.45) is 5.41 Å². The van der Waals surface area contributed by atoms with Crippen molar-refractivity contribution in [1.29, 1.82) is 0 Å². The van der Waals surface area contributed by atoms with Gasteiger partial charge in [-0.3, -0.25) is 9.89 Å². The summed E-state index contributed by atoms with van der Waals surface area (Å²) in [5.41, 5.74) is -0.510. The minimum atomic E-state index is -4.49. The zero-order valence-electron chi connectivity index (χ0n) is 16.8. The lowest BCUT2D eigenvalue weighted by atomic mass is 10.0. The lowest BCUT2D eigenvalue weighted by molar-refractivity contribution is -0.198. The van der Waals surface area contributed by atoms with E-state index in [-0.39, 0.29) is 25.9 Å². The maximum atomic E-state index is 13.3. The van der Waals surface area contributed by atoms with E-state index in [4.69, 9.17) is 0 Å². The van der Waals surface area contributed by atoms with E-state index in [0.717, 1.165) is 11.2 Å². The van der Waals surface area contributed by atoms with Crippen molar-refractivity contribution in [2.45, 2.75) is 25.9 Å². The second-order valence-electron chi connectivity index (χ2n) is 8.02. The molecule has 1 aliphatic carbocycles. The fraction of sp³-hybridized carbons (Fsp3) is 0.474. The standard InChI is InChI=1S/C19H21F3N8O/c1-12-11-14(26-25-12)23-15-13-3-2-6-30(13)27-17(24-15)29-9-7-28(8-10-29)16(31)18(4-5-18)19(20,21)22/h2-3,6,11H,4-5,7-10H2,1H3,(H2,23,24,25,26,27). The Kier molecular flexibility index (Phi) is 4.34. The van der Waals surface area contributed by atoms with Crippen LogP contribution in [0.1, 0.15) is 18.5 Å². The minimum absolute atomic E-state index is 0.120. The normalized spacial score (nSPS) is 18.5. The summed E-state index contributed by atoms with van der Waals surface area (Å²) in [6.07, 6.45) is -2.94. The topological polar surface area (TPSA) is 94.5 Å². The fourth-order valence-corrected chi connectivity index (χ4v) is 3.91. The van der Waals surface area contributed by atoms with Gasteiger partial charge in [-0.05, 0) is 31.9 Å². The molecule has 1 aliphatic heterocycles. The molecule has 2 fully saturated rings. The van der Waals surface area contributed by atoms with Crippen molar-refractivity contribution in [2.75, 3.05) is 36.4 Å². The molecular weight excluding hydrogens is 413 g/mol. The number of aromatic nitrogens is 5. The number of H-pyrrole nitrogens is 1. The second-order valence-corrected chi connectivity index (χ2v) is 8.02. The number of carbonyl (C=O) groups excluding carboxylic acids is 1. The number of hydrogen-bond acceptors (Lipinski definition) is 6. The molecule has 3 aromatic heterocycles. The van der Waals surface area contributed by atoms with E-state index in [1.165, 1.54) is 4.90 Å². The molecule has 2 aliphatic rings. The monoisotopic (exact) mass is 434 g/mol. The van der Waals surface area contributed by atoms with Gasteiger partial charge in [0.05, 0.1) is 0 Å². The van der Waals surface area contributed by atoms with Gasteiger partial charge in [-0.15, -0.1) is 5.10 Å². The van der Waals surface area contributed by atoms with Crippen LogP contribution in [-0.2, 0) is 4.79 Å². The number of nitrogens with one attached hydrogen (secondary N) is 2. The SMILES string of the molecule is Cc1cc(Nc2nc(N3CCN(C(=O)C4(C(F)(F)F)CC4)CC3)nn3cccc23)n[nH]1. The quantitative estimate of drug-likeness (QED) is 0.655. The summed E-state index contributed by atoms with van der Waals surface area (Å²) in [5, 5.41) is 14.7. The van der Waals surface area contributed by atoms with E-state index in [1.807, 2.05) is 30.0 Å². The molecule has 4 heterocycles. The summed E-state index contributed by atoms with van der Waals surface area (Å²) in [7, 11) is 0. The predicted octanol–water partition coefficient (Wildman–Crippen LogP) is 2.50. The first-order chi connectivity index (χ1) is 14.8. The Balaban J connectivity index is 1.33. The number of aryl methyl sites for hydroxylation is 1. The lowest BCUT2D eigenvalue weighted by Gasteiger charge is -2.37. The molecule has 3 aromatic rings. The molecular formula is C19H21F3N8O. The number of amides is 1. The molecule has 0 unspecified atom stereocenters. The van der Waals surface area contributed by atoms with Crippen LogP contribution in [0.3, 0.4) is 0 Å². The maximum Gasteiger partial charge on any atom is 0.403 e. The van der Waals surface area contributed by atoms with E-state index < -0.39 is 17.5 Å². The van der Waals surface area contributed by atoms with Crippen molar-refractivity contribution in [3.8, 4) is 0 Å². The molecule has 2 N–H and O–H groups in total. The molecule has 9 nitrogen and oxygen atoms in total. The van der Waals surface area contributed by atoms with Gasteiger partial charge in [0.1, 0.15) is 10.9 Å². The lowest BCUT2D eigenvalue weighted by Crippen LogP contribution is -2.53. The molecule has 0 atom stereocenters. The summed E-state index contributed by atoms with van der Waals surface area (Å²) in [6.45, 7) is 3.00. The van der Waals surface area contributed by atoms with Crippen LogP contribution in [-0.4, -0.2) is 68.0 Å². The Morgan fingerprint density at radius 3 is 2.58 bits per heavy atom. The van der Waals surface area contributed by atoms with Gasteiger partial charge in [0.25, 0.3) is 0 Å². The number of nitrogens with zero attached hydrogens (tertiary/aromatic N) is 6. The highest BCUT2D eigenvalue weighted by atomic mass is 19.4. The van der Waals surface area contributed by atoms with Crippen LogP contribution in [0.15, 0.2) is 24.4 Å². The average molecular weight is 434 g/mol. The predicted molar refractivity (Wildman–Crippen MR) is 106 cm³/mol. The number of piperazine rings is 1. The van der Waals surface area contributed by atoms with E-state index in [2.05, 4.69) is 25.6 Å². The van der Waals surface area contributed by atoms with Gasteiger partial charge in [0.15, 0.2) is 11.6 Å². The highest BCUT2D eigenvalue weighted by Gasteiger charge is 2.69. The third-order valence-corrected chi connectivity index (χ3v) is 5.88. The van der Waals surface area contributed by atoms with Crippen LogP contribution < -0.4 is 10.2 Å². The number of hydrogen-bond donors (Lipinski definition) is 2. The summed E-state index contributed by atoms with van der Waals surface area (Å²) in [5.74, 6) is 0.803. The average Bonchev–Trinajstić information content (AvgIpc) is 3.27. The number of alkyl halides is 3. The molecule has 0 aromatic carbocycles. The Labute approximate surface area is 175 Å². The molecule has 12 heteroatoms. The molecule has 31 heavy (non-hydrogen) atoms. The number of carbonyl (C=O) groups is 1. The summed E-state index contributed by atoms with van der Waals surface area (Å²) < 4.78 is 41.6. The summed E-state index contributed by atoms with van der Waals surface area (Å²) in [6, 6.07) is 5.56. The number of aromatic amines is 1. The van der Waals surface area contributed by atoms with Crippen molar-refractivity contribution in [3.05, 3.63) is 30.1 Å².